The molecule has 0 aromatic heterocycles. The lowest BCUT2D eigenvalue weighted by molar-refractivity contribution is -0.130. The number of carbonyl (C=O) groups is 2. The molecule has 2 aliphatic heterocycles. The second-order valence-electron chi connectivity index (χ2n) is 8.56. The topological polar surface area (TPSA) is 61.9 Å². The van der Waals surface area contributed by atoms with E-state index in [0.29, 0.717) is 41.7 Å². The van der Waals surface area contributed by atoms with Gasteiger partial charge < -0.3 is 14.5 Å². The van der Waals surface area contributed by atoms with Crippen LogP contribution in [0.3, 0.4) is 0 Å². The van der Waals surface area contributed by atoms with Gasteiger partial charge in [-0.05, 0) is 48.0 Å². The van der Waals surface area contributed by atoms with Gasteiger partial charge in [0.25, 0.3) is 0 Å². The third-order valence-electron chi connectivity index (χ3n) is 6.21. The molecule has 1 saturated heterocycles. The van der Waals surface area contributed by atoms with Gasteiger partial charge in [0, 0.05) is 67.6 Å². The lowest BCUT2D eigenvalue weighted by Gasteiger charge is -2.33. The Morgan fingerprint density at radius 2 is 1.78 bits per heavy atom. The number of nitrogens with zero attached hydrogens (tertiary/aromatic N) is 2. The van der Waals surface area contributed by atoms with Crippen LogP contribution in [0.2, 0.25) is 10.0 Å². The van der Waals surface area contributed by atoms with Crippen LogP contribution in [-0.2, 0) is 16.1 Å². The van der Waals surface area contributed by atoms with E-state index in [1.807, 2.05) is 30.3 Å². The molecular weight excluding hydrogens is 449 g/mol. The number of anilines is 1. The van der Waals surface area contributed by atoms with Crippen LogP contribution in [0.5, 0.6) is 0 Å². The van der Waals surface area contributed by atoms with Crippen molar-refractivity contribution in [1.82, 2.24) is 9.80 Å². The first-order valence-electron chi connectivity index (χ1n) is 10.8. The van der Waals surface area contributed by atoms with Gasteiger partial charge in [0.2, 0.25) is 5.91 Å². The van der Waals surface area contributed by atoms with E-state index in [1.165, 1.54) is 0 Å². The van der Waals surface area contributed by atoms with Gasteiger partial charge >= 0.3 is 6.09 Å². The van der Waals surface area contributed by atoms with Crippen LogP contribution < -0.4 is 5.32 Å². The maximum Gasteiger partial charge on any atom is 0.411 e. The Bertz CT molecular complexity index is 1000. The molecule has 0 radical (unpaired) electrons. The Morgan fingerprint density at radius 1 is 1.09 bits per heavy atom. The summed E-state index contributed by atoms with van der Waals surface area (Å²) in [7, 11) is 2.08. The number of ether oxygens (including phenoxy) is 1. The Hall–Kier alpha value is -2.28. The number of hydrogen-bond acceptors (Lipinski definition) is 4. The zero-order chi connectivity index (χ0) is 22.8. The van der Waals surface area contributed by atoms with Gasteiger partial charge in [0.1, 0.15) is 6.10 Å². The number of benzene rings is 2. The molecule has 32 heavy (non-hydrogen) atoms. The first-order chi connectivity index (χ1) is 15.3. The normalized spacial score (nSPS) is 19.4. The quantitative estimate of drug-likeness (QED) is 0.667. The highest BCUT2D eigenvalue weighted by atomic mass is 35.5. The van der Waals surface area contributed by atoms with E-state index in [1.54, 1.807) is 17.9 Å². The molecule has 1 N–H and O–H groups in total. The average molecular weight is 476 g/mol. The van der Waals surface area contributed by atoms with E-state index in [2.05, 4.69) is 17.3 Å². The second-order valence-corrected chi connectivity index (χ2v) is 9.41. The molecule has 2 heterocycles. The van der Waals surface area contributed by atoms with E-state index in [4.69, 9.17) is 27.9 Å². The molecular formula is C24H27Cl2N3O3. The van der Waals surface area contributed by atoms with Crippen LogP contribution >= 0.6 is 23.2 Å². The van der Waals surface area contributed by atoms with Crippen molar-refractivity contribution >= 4 is 40.9 Å². The van der Waals surface area contributed by atoms with Crippen molar-refractivity contribution in [3.8, 4) is 0 Å². The summed E-state index contributed by atoms with van der Waals surface area (Å²) in [6.45, 7) is 4.45. The van der Waals surface area contributed by atoms with Gasteiger partial charge in [-0.15, -0.1) is 0 Å². The number of rotatable bonds is 3. The van der Waals surface area contributed by atoms with Gasteiger partial charge in [0.15, 0.2) is 0 Å². The summed E-state index contributed by atoms with van der Waals surface area (Å²) >= 11 is 12.7. The maximum absolute atomic E-state index is 12.3. The summed E-state index contributed by atoms with van der Waals surface area (Å²) in [5.74, 6) is 0.205. The predicted octanol–water partition coefficient (Wildman–Crippen LogP) is 5.13. The molecule has 2 aliphatic rings. The molecule has 4 rings (SSSR count). The minimum absolute atomic E-state index is 0.0596. The Kier molecular flexibility index (Phi) is 6.93. The lowest BCUT2D eigenvalue weighted by Crippen LogP contribution is -2.40. The largest absolute Gasteiger partial charge is 0.446 e. The Morgan fingerprint density at radius 3 is 2.44 bits per heavy atom. The second kappa shape index (κ2) is 9.69. The van der Waals surface area contributed by atoms with Crippen molar-refractivity contribution in [2.45, 2.75) is 38.3 Å². The molecule has 1 unspecified atom stereocenters. The van der Waals surface area contributed by atoms with E-state index >= 15 is 0 Å². The molecule has 1 atom stereocenters. The molecule has 2 amide bonds. The van der Waals surface area contributed by atoms with E-state index in [0.717, 1.165) is 29.8 Å². The number of piperidine rings is 1. The van der Waals surface area contributed by atoms with Gasteiger partial charge in [-0.2, -0.15) is 0 Å². The fourth-order valence-corrected chi connectivity index (χ4v) is 5.09. The number of amides is 2. The zero-order valence-electron chi connectivity index (χ0n) is 18.2. The highest BCUT2D eigenvalue weighted by Gasteiger charge is 2.27. The number of likely N-dealkylation sites (tertiary alicyclic amines) is 1. The summed E-state index contributed by atoms with van der Waals surface area (Å²) in [6.07, 6.45) is 0.672. The highest BCUT2D eigenvalue weighted by Crippen LogP contribution is 2.38. The summed E-state index contributed by atoms with van der Waals surface area (Å²) in [5, 5.41) is 4.14. The summed E-state index contributed by atoms with van der Waals surface area (Å²) < 4.78 is 5.53. The molecule has 0 spiro atoms. The molecule has 8 heteroatoms. The maximum atomic E-state index is 12.3. The number of likely N-dealkylation sites (N-methyl/N-ethyl adjacent to an activating group) is 1. The summed E-state index contributed by atoms with van der Waals surface area (Å²) in [6, 6.07) is 11.6. The van der Waals surface area contributed by atoms with Crippen molar-refractivity contribution in [1.29, 1.82) is 0 Å². The van der Waals surface area contributed by atoms with Crippen molar-refractivity contribution < 1.29 is 14.3 Å². The number of hydrogen-bond donors (Lipinski definition) is 1. The molecule has 170 valence electrons. The van der Waals surface area contributed by atoms with E-state index in [9.17, 15) is 9.59 Å². The minimum Gasteiger partial charge on any atom is -0.446 e. The fourth-order valence-electron chi connectivity index (χ4n) is 4.52. The lowest BCUT2D eigenvalue weighted by atomic mass is 9.85. The van der Waals surface area contributed by atoms with E-state index < -0.39 is 6.09 Å². The summed E-state index contributed by atoms with van der Waals surface area (Å²) in [5.41, 5.74) is 4.06. The SMILES string of the molecule is CC(=O)N1CCC(OC(=O)Nc2ccc(C3CN(C)Cc4c(Cl)cc(Cl)cc43)cc2)CC1. The van der Waals surface area contributed by atoms with Crippen LogP contribution in [0.4, 0.5) is 10.5 Å². The van der Waals surface area contributed by atoms with Crippen molar-refractivity contribution in [2.75, 3.05) is 32.0 Å². The zero-order valence-corrected chi connectivity index (χ0v) is 19.7. The van der Waals surface area contributed by atoms with Crippen molar-refractivity contribution in [3.63, 3.8) is 0 Å². The van der Waals surface area contributed by atoms with Crippen LogP contribution in [0.25, 0.3) is 0 Å². The molecule has 0 aliphatic carbocycles. The first kappa shape index (κ1) is 22.9. The van der Waals surface area contributed by atoms with Gasteiger partial charge in [-0.25, -0.2) is 4.79 Å². The molecule has 6 nitrogen and oxygen atoms in total. The predicted molar refractivity (Wildman–Crippen MR) is 126 cm³/mol. The number of carbonyl (C=O) groups excluding carboxylic acids is 2. The Labute approximate surface area is 198 Å². The fraction of sp³-hybridized carbons (Fsp3) is 0.417. The number of nitrogens with one attached hydrogen (secondary N) is 1. The van der Waals surface area contributed by atoms with Crippen LogP contribution in [-0.4, -0.2) is 54.6 Å². The summed E-state index contributed by atoms with van der Waals surface area (Å²) in [4.78, 5) is 27.8. The third-order valence-corrected chi connectivity index (χ3v) is 6.77. The average Bonchev–Trinajstić information content (AvgIpc) is 2.75. The number of halogens is 2. The standard InChI is InChI=1S/C24H27Cl2N3O3/c1-15(30)29-9-7-19(8-10-29)32-24(31)27-18-5-3-16(4-6-18)21-13-28(2)14-22-20(21)11-17(25)12-23(22)26/h3-6,11-12,19,21H,7-10,13-14H2,1-2H3,(H,27,31). The molecule has 1 fully saturated rings. The highest BCUT2D eigenvalue weighted by molar-refractivity contribution is 6.35. The Balaban J connectivity index is 1.40. The molecule has 0 bridgehead atoms. The van der Waals surface area contributed by atoms with Crippen LogP contribution in [0.15, 0.2) is 36.4 Å². The monoisotopic (exact) mass is 475 g/mol. The molecule has 2 aromatic rings. The van der Waals surface area contributed by atoms with Crippen LogP contribution in [0.1, 0.15) is 42.4 Å². The number of fused-ring (bicyclic) bond motifs is 1. The van der Waals surface area contributed by atoms with Crippen LogP contribution in [0, 0.1) is 0 Å². The van der Waals surface area contributed by atoms with Gasteiger partial charge in [-0.3, -0.25) is 10.1 Å². The van der Waals surface area contributed by atoms with Crippen molar-refractivity contribution in [2.24, 2.45) is 0 Å². The smallest absolute Gasteiger partial charge is 0.411 e. The van der Waals surface area contributed by atoms with Gasteiger partial charge in [-0.1, -0.05) is 35.3 Å². The van der Waals surface area contributed by atoms with E-state index in [-0.39, 0.29) is 17.9 Å². The first-order valence-corrected chi connectivity index (χ1v) is 11.5. The van der Waals surface area contributed by atoms with Gasteiger partial charge in [0.05, 0.1) is 0 Å². The third kappa shape index (κ3) is 5.20. The minimum atomic E-state index is -0.472. The molecule has 2 aromatic carbocycles. The molecule has 0 saturated carbocycles. The van der Waals surface area contributed by atoms with Crippen molar-refractivity contribution in [3.05, 3.63) is 63.1 Å².